The first-order valence-electron chi connectivity index (χ1n) is 4.32. The lowest BCUT2D eigenvalue weighted by molar-refractivity contribution is 0.548. The summed E-state index contributed by atoms with van der Waals surface area (Å²) in [4.78, 5) is 0. The molecule has 1 fully saturated rings. The molecule has 3 heteroatoms. The number of benzene rings is 1. The zero-order valence-corrected chi connectivity index (χ0v) is 9.20. The number of hydrogen-bond acceptors (Lipinski definition) is 2. The second-order valence-corrected chi connectivity index (χ2v) is 5.09. The smallest absolute Gasteiger partial charge is 0.238 e. The quantitative estimate of drug-likeness (QED) is 0.516. The summed E-state index contributed by atoms with van der Waals surface area (Å²) < 4.78 is 1.91. The van der Waals surface area contributed by atoms with Crippen molar-refractivity contribution in [2.45, 2.75) is 0 Å². The number of quaternary nitrogens is 1. The Balaban J connectivity index is 2.40. The van der Waals surface area contributed by atoms with Gasteiger partial charge in [-0.25, -0.2) is 4.48 Å². The predicted molar refractivity (Wildman–Crippen MR) is 64.1 cm³/mol. The van der Waals surface area contributed by atoms with E-state index in [1.807, 2.05) is 6.07 Å². The van der Waals surface area contributed by atoms with Crippen LogP contribution in [0.4, 0.5) is 5.69 Å². The summed E-state index contributed by atoms with van der Waals surface area (Å²) in [6, 6.07) is 10.5. The first-order valence-corrected chi connectivity index (χ1v) is 5.71. The fourth-order valence-corrected chi connectivity index (χ4v) is 3.10. The molecular weight excluding hydrogens is 198 g/mol. The van der Waals surface area contributed by atoms with Gasteiger partial charge in [-0.05, 0) is 36.1 Å². The van der Waals surface area contributed by atoms with Crippen molar-refractivity contribution >= 4 is 34.0 Å². The second kappa shape index (κ2) is 3.40. The van der Waals surface area contributed by atoms with Crippen molar-refractivity contribution < 1.29 is 0 Å². The lowest BCUT2D eigenvalue weighted by Crippen LogP contribution is -2.44. The van der Waals surface area contributed by atoms with Crippen LogP contribution in [-0.4, -0.2) is 23.7 Å². The van der Waals surface area contributed by atoms with Crippen molar-refractivity contribution in [3.8, 4) is 0 Å². The van der Waals surface area contributed by atoms with E-state index >= 15 is 0 Å². The van der Waals surface area contributed by atoms with Gasteiger partial charge in [-0.15, -0.1) is 0 Å². The molecule has 2 rings (SSSR count). The Labute approximate surface area is 88.3 Å². The van der Waals surface area contributed by atoms with Crippen molar-refractivity contribution in [3.63, 3.8) is 0 Å². The van der Waals surface area contributed by atoms with E-state index in [9.17, 15) is 0 Å². The highest BCUT2D eigenvalue weighted by molar-refractivity contribution is 8.23. The summed E-state index contributed by atoms with van der Waals surface area (Å²) in [5.41, 5.74) is 1.30. The van der Waals surface area contributed by atoms with Crippen LogP contribution < -0.4 is 4.48 Å². The monoisotopic (exact) mass is 210 g/mol. The molecule has 1 heterocycles. The number of hydrogen-bond donors (Lipinski definition) is 0. The maximum atomic E-state index is 5.37. The third-order valence-electron chi connectivity index (χ3n) is 2.49. The lowest BCUT2D eigenvalue weighted by atomic mass is 10.2. The molecule has 13 heavy (non-hydrogen) atoms. The van der Waals surface area contributed by atoms with Gasteiger partial charge in [0.15, 0.2) is 0 Å². The Hall–Kier alpha value is -0.380. The van der Waals surface area contributed by atoms with E-state index in [4.69, 9.17) is 12.2 Å². The van der Waals surface area contributed by atoms with Gasteiger partial charge < -0.3 is 0 Å². The fraction of sp³-hybridized carbons (Fsp3) is 0.300. The first kappa shape index (κ1) is 9.19. The maximum Gasteiger partial charge on any atom is 0.238 e. The molecule has 0 spiro atoms. The molecule has 0 aliphatic carbocycles. The van der Waals surface area contributed by atoms with Crippen LogP contribution >= 0.6 is 24.0 Å². The third-order valence-corrected chi connectivity index (χ3v) is 4.29. The van der Waals surface area contributed by atoms with Gasteiger partial charge in [0.25, 0.3) is 0 Å². The predicted octanol–water partition coefficient (Wildman–Crippen LogP) is 2.66. The molecule has 1 aliphatic rings. The minimum absolute atomic E-state index is 0.820. The fourth-order valence-electron chi connectivity index (χ4n) is 1.54. The molecular formula is C10H12NS2+. The molecule has 0 amide bonds. The van der Waals surface area contributed by atoms with Gasteiger partial charge in [0.1, 0.15) is 5.69 Å². The highest BCUT2D eigenvalue weighted by atomic mass is 32.2. The third kappa shape index (κ3) is 1.52. The van der Waals surface area contributed by atoms with Crippen molar-refractivity contribution in [3.05, 3.63) is 30.3 Å². The van der Waals surface area contributed by atoms with Gasteiger partial charge in [0, 0.05) is 0 Å². The molecule has 1 nitrogen and oxygen atoms in total. The molecule has 1 aromatic carbocycles. The molecule has 1 saturated heterocycles. The van der Waals surface area contributed by atoms with Gasteiger partial charge in [-0.3, -0.25) is 0 Å². The average molecular weight is 210 g/mol. The standard InChI is InChI=1S/C10H12NS2/c1-11(7-8-13-10(11)12)9-5-3-2-4-6-9/h2-6H,7-8H2,1H3/q+1. The SMILES string of the molecule is C[N+]1(c2ccccc2)CCSC1=S. The van der Waals surface area contributed by atoms with E-state index in [-0.39, 0.29) is 0 Å². The lowest BCUT2D eigenvalue weighted by Gasteiger charge is -2.26. The maximum absolute atomic E-state index is 5.37. The van der Waals surface area contributed by atoms with Crippen LogP contribution in [0.5, 0.6) is 0 Å². The molecule has 0 N–H and O–H groups in total. The Morgan fingerprint density at radius 2 is 2.00 bits per heavy atom. The highest BCUT2D eigenvalue weighted by Gasteiger charge is 2.36. The molecule has 1 unspecified atom stereocenters. The van der Waals surface area contributed by atoms with E-state index in [2.05, 4.69) is 31.3 Å². The molecule has 0 aromatic heterocycles. The molecule has 1 aromatic rings. The highest BCUT2D eigenvalue weighted by Crippen LogP contribution is 2.31. The van der Waals surface area contributed by atoms with Crippen LogP contribution in [0.1, 0.15) is 0 Å². The number of nitrogens with zero attached hydrogens (tertiary/aromatic N) is 1. The average Bonchev–Trinajstić information content (AvgIpc) is 2.50. The van der Waals surface area contributed by atoms with Crippen LogP contribution in [0.15, 0.2) is 30.3 Å². The van der Waals surface area contributed by atoms with Crippen molar-refractivity contribution in [1.29, 1.82) is 0 Å². The summed E-state index contributed by atoms with van der Waals surface area (Å²) >= 11 is 7.17. The molecule has 0 bridgehead atoms. The van der Waals surface area contributed by atoms with Crippen LogP contribution in [-0.2, 0) is 0 Å². The van der Waals surface area contributed by atoms with Gasteiger partial charge in [-0.2, -0.15) is 0 Å². The van der Waals surface area contributed by atoms with Crippen LogP contribution in [0.2, 0.25) is 0 Å². The van der Waals surface area contributed by atoms with Gasteiger partial charge in [0.2, 0.25) is 4.32 Å². The second-order valence-electron chi connectivity index (χ2n) is 3.36. The summed E-state index contributed by atoms with van der Waals surface area (Å²) in [6.45, 7) is 1.12. The minimum atomic E-state index is 0.820. The van der Waals surface area contributed by atoms with Crippen LogP contribution in [0.25, 0.3) is 0 Å². The first-order chi connectivity index (χ1) is 6.23. The van der Waals surface area contributed by atoms with Gasteiger partial charge in [0.05, 0.1) is 19.3 Å². The number of rotatable bonds is 1. The largest absolute Gasteiger partial charge is 0.245 e. The Kier molecular flexibility index (Phi) is 2.41. The molecule has 0 saturated carbocycles. The normalized spacial score (nSPS) is 27.9. The molecule has 1 aliphatic heterocycles. The van der Waals surface area contributed by atoms with E-state index < -0.39 is 0 Å². The van der Waals surface area contributed by atoms with E-state index in [0.717, 1.165) is 21.1 Å². The Bertz CT molecular complexity index is 323. The number of para-hydroxylation sites is 1. The van der Waals surface area contributed by atoms with Crippen molar-refractivity contribution in [2.75, 3.05) is 19.3 Å². The van der Waals surface area contributed by atoms with Gasteiger partial charge in [-0.1, -0.05) is 18.2 Å². The zero-order chi connectivity index (χ0) is 9.31. The Morgan fingerprint density at radius 1 is 1.31 bits per heavy atom. The summed E-state index contributed by atoms with van der Waals surface area (Å²) in [7, 11) is 2.19. The molecule has 68 valence electrons. The number of thiocarbonyl (C=S) groups is 1. The van der Waals surface area contributed by atoms with Crippen LogP contribution in [0, 0.1) is 0 Å². The molecule has 1 atom stereocenters. The molecule has 0 radical (unpaired) electrons. The number of thioether (sulfide) groups is 1. The summed E-state index contributed by atoms with van der Waals surface area (Å²) in [5.74, 6) is 1.14. The van der Waals surface area contributed by atoms with Crippen molar-refractivity contribution in [1.82, 2.24) is 4.48 Å². The van der Waals surface area contributed by atoms with Crippen molar-refractivity contribution in [2.24, 2.45) is 0 Å². The minimum Gasteiger partial charge on any atom is -0.245 e. The Morgan fingerprint density at radius 3 is 2.54 bits per heavy atom. The van der Waals surface area contributed by atoms with E-state index in [1.54, 1.807) is 11.8 Å². The van der Waals surface area contributed by atoms with E-state index in [0.29, 0.717) is 0 Å². The van der Waals surface area contributed by atoms with E-state index in [1.165, 1.54) is 5.69 Å². The van der Waals surface area contributed by atoms with Gasteiger partial charge >= 0.3 is 0 Å². The topological polar surface area (TPSA) is 0 Å². The summed E-state index contributed by atoms with van der Waals surface area (Å²) in [6.07, 6.45) is 0. The summed E-state index contributed by atoms with van der Waals surface area (Å²) in [5, 5.41) is 0. The zero-order valence-electron chi connectivity index (χ0n) is 7.56. The van der Waals surface area contributed by atoms with Crippen LogP contribution in [0.3, 0.4) is 0 Å².